The molecular weight excluding hydrogens is 266 g/mol. The highest BCUT2D eigenvalue weighted by Gasteiger charge is 2.21. The van der Waals surface area contributed by atoms with Crippen molar-refractivity contribution in [2.24, 2.45) is 7.05 Å². The van der Waals surface area contributed by atoms with E-state index in [0.717, 1.165) is 12.2 Å². The van der Waals surface area contributed by atoms with Crippen LogP contribution >= 0.6 is 11.8 Å². The summed E-state index contributed by atoms with van der Waals surface area (Å²) in [6, 6.07) is 8.40. The van der Waals surface area contributed by atoms with E-state index in [1.807, 2.05) is 11.7 Å². The highest BCUT2D eigenvalue weighted by atomic mass is 32.2. The lowest BCUT2D eigenvalue weighted by Crippen LogP contribution is -2.16. The van der Waals surface area contributed by atoms with Gasteiger partial charge in [0, 0.05) is 41.4 Å². The minimum Gasteiger partial charge on any atom is -0.380 e. The van der Waals surface area contributed by atoms with E-state index in [1.54, 1.807) is 11.8 Å². The zero-order valence-electron chi connectivity index (χ0n) is 12.9. The number of aryl methyl sites for hydroxylation is 1. The van der Waals surface area contributed by atoms with Crippen molar-refractivity contribution < 1.29 is 0 Å². The largest absolute Gasteiger partial charge is 0.380 e. The van der Waals surface area contributed by atoms with Gasteiger partial charge in [-0.2, -0.15) is 5.10 Å². The number of nitrogens with zero attached hydrogens (tertiary/aromatic N) is 2. The molecule has 4 heteroatoms. The molecule has 1 heterocycles. The highest BCUT2D eigenvalue weighted by molar-refractivity contribution is 7.98. The predicted molar refractivity (Wildman–Crippen MR) is 87.5 cm³/mol. The number of rotatable bonds is 4. The Morgan fingerprint density at radius 2 is 1.95 bits per heavy atom. The first-order valence-corrected chi connectivity index (χ1v) is 8.04. The van der Waals surface area contributed by atoms with Gasteiger partial charge >= 0.3 is 0 Å². The van der Waals surface area contributed by atoms with E-state index < -0.39 is 0 Å². The Morgan fingerprint density at radius 1 is 1.25 bits per heavy atom. The Kier molecular flexibility index (Phi) is 4.43. The van der Waals surface area contributed by atoms with Gasteiger partial charge in [-0.25, -0.2) is 0 Å². The van der Waals surface area contributed by atoms with Crippen molar-refractivity contribution >= 4 is 17.4 Å². The molecule has 108 valence electrons. The minimum absolute atomic E-state index is 0.0668. The van der Waals surface area contributed by atoms with Gasteiger partial charge in [0.2, 0.25) is 0 Å². The van der Waals surface area contributed by atoms with Crippen LogP contribution < -0.4 is 5.32 Å². The van der Waals surface area contributed by atoms with Crippen LogP contribution in [0.3, 0.4) is 0 Å². The van der Waals surface area contributed by atoms with E-state index >= 15 is 0 Å². The number of hydrogen-bond donors (Lipinski definition) is 1. The summed E-state index contributed by atoms with van der Waals surface area (Å²) in [5, 5.41) is 8.14. The zero-order valence-corrected chi connectivity index (χ0v) is 13.7. The smallest absolute Gasteiger partial charge is 0.0727 e. The Bertz CT molecular complexity index is 582. The summed E-state index contributed by atoms with van der Waals surface area (Å²) in [4.78, 5) is 1.27. The van der Waals surface area contributed by atoms with E-state index in [9.17, 15) is 0 Å². The molecule has 1 N–H and O–H groups in total. The molecule has 0 bridgehead atoms. The van der Waals surface area contributed by atoms with E-state index in [2.05, 4.69) is 67.9 Å². The standard InChI is InChI=1S/C16H23N3S/c1-16(2,3)15-12(11-19(4)18-15)10-17-13-8-6-7-9-14(13)20-5/h6-9,11,17H,10H2,1-5H3. The van der Waals surface area contributed by atoms with E-state index in [4.69, 9.17) is 0 Å². The SMILES string of the molecule is CSc1ccccc1NCc1cn(C)nc1C(C)(C)C. The number of hydrogen-bond acceptors (Lipinski definition) is 3. The molecule has 0 aliphatic heterocycles. The van der Waals surface area contributed by atoms with Crippen molar-refractivity contribution in [2.75, 3.05) is 11.6 Å². The second-order valence-corrected chi connectivity index (χ2v) is 6.83. The number of nitrogens with one attached hydrogen (secondary N) is 1. The molecule has 0 atom stereocenters. The molecule has 2 rings (SSSR count). The van der Waals surface area contributed by atoms with Crippen LogP contribution in [-0.4, -0.2) is 16.0 Å². The van der Waals surface area contributed by atoms with Gasteiger partial charge < -0.3 is 5.32 Å². The van der Waals surface area contributed by atoms with Crippen LogP contribution in [0.1, 0.15) is 32.0 Å². The summed E-state index contributed by atoms with van der Waals surface area (Å²) in [6.07, 6.45) is 4.21. The van der Waals surface area contributed by atoms with Crippen LogP contribution in [0.15, 0.2) is 35.4 Å². The maximum atomic E-state index is 4.61. The molecule has 2 aromatic rings. The van der Waals surface area contributed by atoms with Crippen molar-refractivity contribution in [1.82, 2.24) is 9.78 Å². The number of anilines is 1. The summed E-state index contributed by atoms with van der Waals surface area (Å²) in [5.41, 5.74) is 3.67. The fourth-order valence-corrected chi connectivity index (χ4v) is 2.85. The van der Waals surface area contributed by atoms with Crippen molar-refractivity contribution in [3.8, 4) is 0 Å². The number of aromatic nitrogens is 2. The molecule has 0 unspecified atom stereocenters. The van der Waals surface area contributed by atoms with E-state index in [-0.39, 0.29) is 5.41 Å². The molecule has 0 saturated carbocycles. The molecule has 20 heavy (non-hydrogen) atoms. The summed E-state index contributed by atoms with van der Waals surface area (Å²) in [7, 11) is 1.98. The second kappa shape index (κ2) is 5.92. The monoisotopic (exact) mass is 289 g/mol. The normalized spacial score (nSPS) is 11.7. The molecule has 3 nitrogen and oxygen atoms in total. The lowest BCUT2D eigenvalue weighted by molar-refractivity contribution is 0.549. The predicted octanol–water partition coefficient (Wildman–Crippen LogP) is 4.05. The quantitative estimate of drug-likeness (QED) is 0.861. The van der Waals surface area contributed by atoms with Crippen LogP contribution in [0.2, 0.25) is 0 Å². The molecule has 0 amide bonds. The number of para-hydroxylation sites is 1. The first kappa shape index (κ1) is 15.0. The summed E-state index contributed by atoms with van der Waals surface area (Å²) >= 11 is 1.76. The van der Waals surface area contributed by atoms with Gasteiger partial charge in [0.1, 0.15) is 0 Å². The van der Waals surface area contributed by atoms with Crippen molar-refractivity contribution in [2.45, 2.75) is 37.6 Å². The molecule has 0 aliphatic rings. The van der Waals surface area contributed by atoms with Crippen LogP contribution in [0.4, 0.5) is 5.69 Å². The van der Waals surface area contributed by atoms with E-state index in [1.165, 1.54) is 16.1 Å². The fourth-order valence-electron chi connectivity index (χ4n) is 2.28. The summed E-state index contributed by atoms with van der Waals surface area (Å²) in [5.74, 6) is 0. The van der Waals surface area contributed by atoms with Gasteiger partial charge in [0.05, 0.1) is 5.69 Å². The van der Waals surface area contributed by atoms with Crippen molar-refractivity contribution in [3.05, 3.63) is 41.7 Å². The van der Waals surface area contributed by atoms with E-state index in [0.29, 0.717) is 0 Å². The Hall–Kier alpha value is -1.42. The average Bonchev–Trinajstić information content (AvgIpc) is 2.78. The third kappa shape index (κ3) is 3.37. The maximum Gasteiger partial charge on any atom is 0.0727 e. The highest BCUT2D eigenvalue weighted by Crippen LogP contribution is 2.27. The van der Waals surface area contributed by atoms with Crippen LogP contribution in [0.5, 0.6) is 0 Å². The Morgan fingerprint density at radius 3 is 2.60 bits per heavy atom. The fraction of sp³-hybridized carbons (Fsp3) is 0.438. The number of thioether (sulfide) groups is 1. The minimum atomic E-state index is 0.0668. The molecule has 0 radical (unpaired) electrons. The topological polar surface area (TPSA) is 29.9 Å². The molecule has 1 aromatic carbocycles. The zero-order chi connectivity index (χ0) is 14.8. The first-order valence-electron chi connectivity index (χ1n) is 6.81. The van der Waals surface area contributed by atoms with Crippen molar-refractivity contribution in [1.29, 1.82) is 0 Å². The number of benzene rings is 1. The average molecular weight is 289 g/mol. The lowest BCUT2D eigenvalue weighted by atomic mass is 9.89. The molecule has 0 fully saturated rings. The molecule has 1 aromatic heterocycles. The van der Waals surface area contributed by atoms with Crippen LogP contribution in [0.25, 0.3) is 0 Å². The maximum absolute atomic E-state index is 4.61. The molecule has 0 aliphatic carbocycles. The van der Waals surface area contributed by atoms with Crippen molar-refractivity contribution in [3.63, 3.8) is 0 Å². The first-order chi connectivity index (χ1) is 9.41. The van der Waals surface area contributed by atoms with Gasteiger partial charge in [-0.1, -0.05) is 32.9 Å². The Labute approximate surface area is 125 Å². The van der Waals surface area contributed by atoms with Gasteiger partial charge in [0.15, 0.2) is 0 Å². The molecule has 0 spiro atoms. The molecular formula is C16H23N3S. The molecule has 0 saturated heterocycles. The Balaban J connectivity index is 2.19. The summed E-state index contributed by atoms with van der Waals surface area (Å²) in [6.45, 7) is 7.41. The third-order valence-corrected chi connectivity index (χ3v) is 3.99. The second-order valence-electron chi connectivity index (χ2n) is 5.98. The van der Waals surface area contributed by atoms with Gasteiger partial charge in [-0.15, -0.1) is 11.8 Å². The van der Waals surface area contributed by atoms with Gasteiger partial charge in [-0.3, -0.25) is 4.68 Å². The van der Waals surface area contributed by atoms with Gasteiger partial charge in [-0.05, 0) is 18.4 Å². The van der Waals surface area contributed by atoms with Crippen LogP contribution in [-0.2, 0) is 19.0 Å². The van der Waals surface area contributed by atoms with Crippen LogP contribution in [0, 0.1) is 0 Å². The third-order valence-electron chi connectivity index (χ3n) is 3.19. The lowest BCUT2D eigenvalue weighted by Gasteiger charge is -2.18. The van der Waals surface area contributed by atoms with Gasteiger partial charge in [0.25, 0.3) is 0 Å². The summed E-state index contributed by atoms with van der Waals surface area (Å²) < 4.78 is 1.90.